The lowest BCUT2D eigenvalue weighted by molar-refractivity contribution is -0.130. The largest absolute Gasteiger partial charge is 0.496 e. The second-order valence-corrected chi connectivity index (χ2v) is 5.74. The van der Waals surface area contributed by atoms with Gasteiger partial charge in [-0.1, -0.05) is 12.1 Å². The van der Waals surface area contributed by atoms with Crippen LogP contribution in [0.4, 0.5) is 0 Å². The quantitative estimate of drug-likeness (QED) is 0.843. The summed E-state index contributed by atoms with van der Waals surface area (Å²) in [7, 11) is 5.60. The van der Waals surface area contributed by atoms with Gasteiger partial charge in [-0.25, -0.2) is 0 Å². The Kier molecular flexibility index (Phi) is 4.33. The topological polar surface area (TPSA) is 32.8 Å². The van der Waals surface area contributed by atoms with E-state index in [0.29, 0.717) is 0 Å². The van der Waals surface area contributed by atoms with Gasteiger partial charge in [-0.3, -0.25) is 9.69 Å². The van der Waals surface area contributed by atoms with Gasteiger partial charge >= 0.3 is 0 Å². The van der Waals surface area contributed by atoms with Gasteiger partial charge in [0.1, 0.15) is 5.75 Å². The minimum absolute atomic E-state index is 0.0164. The molecule has 1 unspecified atom stereocenters. The number of benzene rings is 1. The summed E-state index contributed by atoms with van der Waals surface area (Å²) in [6, 6.07) is 4.31. The number of carbonyl (C=O) groups is 1. The SMILES string of the molecule is COc1c(C)cc(CN(C)C2CCN(C)C2=O)cc1C. The number of nitrogens with zero attached hydrogens (tertiary/aromatic N) is 2. The van der Waals surface area contributed by atoms with E-state index >= 15 is 0 Å². The predicted molar refractivity (Wildman–Crippen MR) is 80.0 cm³/mol. The van der Waals surface area contributed by atoms with Crippen LogP contribution in [0.1, 0.15) is 23.1 Å². The monoisotopic (exact) mass is 276 g/mol. The molecule has 0 bridgehead atoms. The Balaban J connectivity index is 2.12. The number of aryl methyl sites for hydroxylation is 2. The molecule has 1 fully saturated rings. The molecule has 0 aliphatic carbocycles. The van der Waals surface area contributed by atoms with E-state index in [1.165, 1.54) is 5.56 Å². The third kappa shape index (κ3) is 2.80. The number of rotatable bonds is 4. The fraction of sp³-hybridized carbons (Fsp3) is 0.562. The summed E-state index contributed by atoms with van der Waals surface area (Å²) in [5.41, 5.74) is 3.52. The smallest absolute Gasteiger partial charge is 0.239 e. The predicted octanol–water partition coefficient (Wildman–Crippen LogP) is 1.97. The fourth-order valence-electron chi connectivity index (χ4n) is 3.06. The number of carbonyl (C=O) groups excluding carboxylic acids is 1. The van der Waals surface area contributed by atoms with Gasteiger partial charge in [-0.15, -0.1) is 0 Å². The second kappa shape index (κ2) is 5.83. The Hall–Kier alpha value is -1.55. The maximum atomic E-state index is 12.0. The molecule has 4 heteroatoms. The molecule has 1 aliphatic heterocycles. The average Bonchev–Trinajstić information content (AvgIpc) is 2.69. The van der Waals surface area contributed by atoms with Crippen LogP contribution in [-0.4, -0.2) is 49.5 Å². The summed E-state index contributed by atoms with van der Waals surface area (Å²) in [5.74, 6) is 1.18. The highest BCUT2D eigenvalue weighted by atomic mass is 16.5. The van der Waals surface area contributed by atoms with E-state index in [-0.39, 0.29) is 11.9 Å². The van der Waals surface area contributed by atoms with E-state index in [2.05, 4.69) is 30.9 Å². The fourth-order valence-corrected chi connectivity index (χ4v) is 3.06. The standard InChI is InChI=1S/C16H24N2O2/c1-11-8-13(9-12(2)15(11)20-5)10-18(4)14-6-7-17(3)16(14)19/h8-9,14H,6-7,10H2,1-5H3. The lowest BCUT2D eigenvalue weighted by Gasteiger charge is -2.23. The lowest BCUT2D eigenvalue weighted by Crippen LogP contribution is -2.38. The minimum Gasteiger partial charge on any atom is -0.496 e. The summed E-state index contributed by atoms with van der Waals surface area (Å²) < 4.78 is 5.39. The van der Waals surface area contributed by atoms with E-state index in [1.807, 2.05) is 19.0 Å². The summed E-state index contributed by atoms with van der Waals surface area (Å²) >= 11 is 0. The zero-order valence-corrected chi connectivity index (χ0v) is 13.1. The average molecular weight is 276 g/mol. The van der Waals surface area contributed by atoms with Crippen molar-refractivity contribution in [2.45, 2.75) is 32.9 Å². The summed E-state index contributed by atoms with van der Waals surface area (Å²) in [6.45, 7) is 5.76. The van der Waals surface area contributed by atoms with Gasteiger partial charge in [0.25, 0.3) is 0 Å². The normalized spacial score (nSPS) is 19.0. The highest BCUT2D eigenvalue weighted by Crippen LogP contribution is 2.25. The molecule has 1 atom stereocenters. The number of likely N-dealkylation sites (N-methyl/N-ethyl adjacent to an activating group) is 2. The number of likely N-dealkylation sites (tertiary alicyclic amines) is 1. The molecule has 2 rings (SSSR count). The van der Waals surface area contributed by atoms with Crippen molar-refractivity contribution in [3.63, 3.8) is 0 Å². The maximum absolute atomic E-state index is 12.0. The molecule has 1 aliphatic rings. The van der Waals surface area contributed by atoms with Crippen molar-refractivity contribution in [2.75, 3.05) is 27.7 Å². The van der Waals surface area contributed by atoms with E-state index in [0.717, 1.165) is 36.4 Å². The molecule has 0 saturated carbocycles. The van der Waals surface area contributed by atoms with Crippen molar-refractivity contribution in [2.24, 2.45) is 0 Å². The molecule has 0 radical (unpaired) electrons. The molecule has 1 heterocycles. The highest BCUT2D eigenvalue weighted by Gasteiger charge is 2.32. The number of hydrogen-bond donors (Lipinski definition) is 0. The van der Waals surface area contributed by atoms with Crippen LogP contribution in [0.5, 0.6) is 5.75 Å². The van der Waals surface area contributed by atoms with E-state index < -0.39 is 0 Å². The van der Waals surface area contributed by atoms with Crippen molar-refractivity contribution >= 4 is 5.91 Å². The van der Waals surface area contributed by atoms with Gasteiger partial charge in [0.15, 0.2) is 0 Å². The van der Waals surface area contributed by atoms with Crippen molar-refractivity contribution in [1.29, 1.82) is 0 Å². The molecule has 1 aromatic rings. The Morgan fingerprint density at radius 1 is 1.35 bits per heavy atom. The van der Waals surface area contributed by atoms with Crippen LogP contribution in [0, 0.1) is 13.8 Å². The molecule has 110 valence electrons. The van der Waals surface area contributed by atoms with E-state index in [4.69, 9.17) is 4.74 Å². The van der Waals surface area contributed by atoms with Crippen LogP contribution >= 0.6 is 0 Å². The second-order valence-electron chi connectivity index (χ2n) is 5.74. The van der Waals surface area contributed by atoms with Gasteiger partial charge in [0, 0.05) is 20.1 Å². The molecular weight excluding hydrogens is 252 g/mol. The molecule has 20 heavy (non-hydrogen) atoms. The Labute approximate surface area is 121 Å². The Morgan fingerprint density at radius 3 is 2.40 bits per heavy atom. The lowest BCUT2D eigenvalue weighted by atomic mass is 10.0. The van der Waals surface area contributed by atoms with Gasteiger partial charge in [0.05, 0.1) is 13.2 Å². The first-order valence-corrected chi connectivity index (χ1v) is 7.03. The van der Waals surface area contributed by atoms with Gasteiger partial charge in [0.2, 0.25) is 5.91 Å². The molecular formula is C16H24N2O2. The molecule has 1 saturated heterocycles. The van der Waals surface area contributed by atoms with Crippen molar-refractivity contribution in [1.82, 2.24) is 9.80 Å². The number of amides is 1. The minimum atomic E-state index is 0.0164. The zero-order valence-electron chi connectivity index (χ0n) is 13.1. The zero-order chi connectivity index (χ0) is 14.9. The van der Waals surface area contributed by atoms with E-state index in [9.17, 15) is 4.79 Å². The Morgan fingerprint density at radius 2 is 1.95 bits per heavy atom. The van der Waals surface area contributed by atoms with Gasteiger partial charge in [-0.2, -0.15) is 0 Å². The molecule has 1 amide bonds. The number of methoxy groups -OCH3 is 1. The van der Waals surface area contributed by atoms with Crippen molar-refractivity contribution in [3.05, 3.63) is 28.8 Å². The molecule has 1 aromatic carbocycles. The van der Waals surface area contributed by atoms with Crippen molar-refractivity contribution in [3.8, 4) is 5.75 Å². The molecule has 0 spiro atoms. The van der Waals surface area contributed by atoms with Crippen LogP contribution in [0.3, 0.4) is 0 Å². The maximum Gasteiger partial charge on any atom is 0.239 e. The third-order valence-corrected chi connectivity index (χ3v) is 4.09. The third-order valence-electron chi connectivity index (χ3n) is 4.09. The Bertz CT molecular complexity index is 490. The van der Waals surface area contributed by atoms with Crippen molar-refractivity contribution < 1.29 is 9.53 Å². The highest BCUT2D eigenvalue weighted by molar-refractivity contribution is 5.83. The molecule has 0 aromatic heterocycles. The van der Waals surface area contributed by atoms with Crippen LogP contribution in [0.15, 0.2) is 12.1 Å². The number of ether oxygens (including phenoxy) is 1. The summed E-state index contributed by atoms with van der Waals surface area (Å²) in [6.07, 6.45) is 0.917. The summed E-state index contributed by atoms with van der Waals surface area (Å²) in [5, 5.41) is 0. The van der Waals surface area contributed by atoms with Gasteiger partial charge < -0.3 is 9.64 Å². The number of hydrogen-bond acceptors (Lipinski definition) is 3. The van der Waals surface area contributed by atoms with E-state index in [1.54, 1.807) is 7.11 Å². The first kappa shape index (κ1) is 14.9. The molecule has 4 nitrogen and oxygen atoms in total. The first-order chi connectivity index (χ1) is 9.43. The molecule has 0 N–H and O–H groups in total. The van der Waals surface area contributed by atoms with Crippen LogP contribution in [0.25, 0.3) is 0 Å². The summed E-state index contributed by atoms with van der Waals surface area (Å²) in [4.78, 5) is 16.0. The first-order valence-electron chi connectivity index (χ1n) is 7.03. The van der Waals surface area contributed by atoms with Crippen LogP contribution in [0.2, 0.25) is 0 Å². The van der Waals surface area contributed by atoms with Crippen LogP contribution in [-0.2, 0) is 11.3 Å². The van der Waals surface area contributed by atoms with Crippen LogP contribution < -0.4 is 4.74 Å². The van der Waals surface area contributed by atoms with Gasteiger partial charge in [-0.05, 0) is 44.0 Å².